The summed E-state index contributed by atoms with van der Waals surface area (Å²) in [5.74, 6) is 0.337. The van der Waals surface area contributed by atoms with Crippen LogP contribution in [0.4, 0.5) is 8.78 Å². The van der Waals surface area contributed by atoms with E-state index in [-0.39, 0.29) is 5.75 Å². The van der Waals surface area contributed by atoms with Crippen LogP contribution < -0.4 is 15.2 Å². The third kappa shape index (κ3) is 6.32. The Kier molecular flexibility index (Phi) is 7.63. The third-order valence-corrected chi connectivity index (χ3v) is 3.86. The zero-order valence-corrected chi connectivity index (χ0v) is 14.3. The van der Waals surface area contributed by atoms with Crippen molar-refractivity contribution in [2.24, 2.45) is 5.73 Å². The van der Waals surface area contributed by atoms with Crippen LogP contribution in [-0.4, -0.2) is 38.3 Å². The van der Waals surface area contributed by atoms with E-state index in [1.165, 1.54) is 18.7 Å². The molecule has 6 heteroatoms. The number of hydrogen-bond acceptors (Lipinski definition) is 4. The molecule has 0 saturated carbocycles. The molecule has 2 rings (SSSR count). The lowest BCUT2D eigenvalue weighted by Gasteiger charge is -2.22. The van der Waals surface area contributed by atoms with E-state index in [2.05, 4.69) is 21.8 Å². The van der Waals surface area contributed by atoms with Gasteiger partial charge in [0.2, 0.25) is 0 Å². The molecule has 0 bridgehead atoms. The number of rotatable bonds is 10. The van der Waals surface area contributed by atoms with Gasteiger partial charge in [-0.15, -0.1) is 0 Å². The molecule has 0 radical (unpaired) electrons. The lowest BCUT2D eigenvalue weighted by molar-refractivity contribution is -0.0512. The normalized spacial score (nSPS) is 11.1. The Hall–Kier alpha value is -2.18. The van der Waals surface area contributed by atoms with Crippen molar-refractivity contribution in [3.8, 4) is 11.5 Å². The Morgan fingerprint density at radius 2 is 1.76 bits per heavy atom. The smallest absolute Gasteiger partial charge is 0.387 e. The highest BCUT2D eigenvalue weighted by molar-refractivity contribution is 5.43. The van der Waals surface area contributed by atoms with Crippen LogP contribution >= 0.6 is 0 Å². The van der Waals surface area contributed by atoms with Crippen molar-refractivity contribution < 1.29 is 18.3 Å². The molecule has 0 amide bonds. The third-order valence-electron chi connectivity index (χ3n) is 3.86. The molecule has 0 aliphatic heterocycles. The van der Waals surface area contributed by atoms with Crippen molar-refractivity contribution in [3.63, 3.8) is 0 Å². The first kappa shape index (κ1) is 19.1. The predicted octanol–water partition coefficient (Wildman–Crippen LogP) is 3.30. The van der Waals surface area contributed by atoms with Gasteiger partial charge in [-0.25, -0.2) is 0 Å². The van der Waals surface area contributed by atoms with Crippen LogP contribution in [0, 0.1) is 0 Å². The molecule has 2 aromatic carbocycles. The molecule has 2 N–H and O–H groups in total. The Bertz CT molecular complexity index is 639. The van der Waals surface area contributed by atoms with Crippen molar-refractivity contribution in [1.29, 1.82) is 0 Å². The summed E-state index contributed by atoms with van der Waals surface area (Å²) in [5.41, 5.74) is 7.94. The van der Waals surface area contributed by atoms with E-state index >= 15 is 0 Å². The molecule has 0 aliphatic carbocycles. The van der Waals surface area contributed by atoms with E-state index in [0.29, 0.717) is 18.8 Å². The van der Waals surface area contributed by atoms with E-state index < -0.39 is 6.61 Å². The summed E-state index contributed by atoms with van der Waals surface area (Å²) in [4.78, 5) is 2.23. The highest BCUT2D eigenvalue weighted by atomic mass is 19.3. The Morgan fingerprint density at radius 1 is 1.00 bits per heavy atom. The fourth-order valence-corrected chi connectivity index (χ4v) is 2.65. The molecule has 0 spiro atoms. The molecule has 25 heavy (non-hydrogen) atoms. The summed E-state index contributed by atoms with van der Waals surface area (Å²) < 4.78 is 34.4. The fraction of sp³-hybridized carbons (Fsp3) is 0.368. The number of alkyl halides is 2. The van der Waals surface area contributed by atoms with Gasteiger partial charge in [-0.3, -0.25) is 4.90 Å². The summed E-state index contributed by atoms with van der Waals surface area (Å²) in [7, 11) is 1.44. The average molecular weight is 350 g/mol. The van der Waals surface area contributed by atoms with Gasteiger partial charge >= 0.3 is 6.61 Å². The fourth-order valence-electron chi connectivity index (χ4n) is 2.65. The zero-order chi connectivity index (χ0) is 18.1. The van der Waals surface area contributed by atoms with E-state index in [1.807, 2.05) is 18.2 Å². The molecule has 0 aliphatic rings. The van der Waals surface area contributed by atoms with Gasteiger partial charge in [0, 0.05) is 26.2 Å². The van der Waals surface area contributed by atoms with Crippen molar-refractivity contribution in [3.05, 3.63) is 59.7 Å². The van der Waals surface area contributed by atoms with Gasteiger partial charge in [-0.1, -0.05) is 36.4 Å². The number of nitrogens with two attached hydrogens (primary N) is 1. The number of nitrogens with zero attached hydrogens (tertiary/aromatic N) is 1. The van der Waals surface area contributed by atoms with Crippen LogP contribution in [0.3, 0.4) is 0 Å². The van der Waals surface area contributed by atoms with Crippen LogP contribution in [0.15, 0.2) is 48.5 Å². The minimum absolute atomic E-state index is 0.0379. The van der Waals surface area contributed by atoms with Crippen molar-refractivity contribution in [1.82, 2.24) is 4.90 Å². The van der Waals surface area contributed by atoms with Crippen LogP contribution in [0.1, 0.15) is 11.1 Å². The summed E-state index contributed by atoms with van der Waals surface area (Å²) in [6, 6.07) is 15.2. The standard InChI is InChI=1S/C19H24F2N2O2/c1-24-18-13-16(7-8-17(18)25-19(20)21)14-23(12-10-22)11-9-15-5-3-2-4-6-15/h2-8,13,19H,9-12,14,22H2,1H3. The molecule has 0 heterocycles. The molecule has 0 saturated heterocycles. The van der Waals surface area contributed by atoms with Crippen LogP contribution in [-0.2, 0) is 13.0 Å². The topological polar surface area (TPSA) is 47.7 Å². The number of hydrogen-bond donors (Lipinski definition) is 1. The van der Waals surface area contributed by atoms with E-state index in [0.717, 1.165) is 25.1 Å². The Morgan fingerprint density at radius 3 is 2.40 bits per heavy atom. The van der Waals surface area contributed by atoms with Gasteiger partial charge in [-0.05, 0) is 29.7 Å². The first-order chi connectivity index (χ1) is 12.1. The van der Waals surface area contributed by atoms with Crippen LogP contribution in [0.25, 0.3) is 0 Å². The van der Waals surface area contributed by atoms with Gasteiger partial charge < -0.3 is 15.2 Å². The molecular formula is C19H24F2N2O2. The first-order valence-electron chi connectivity index (χ1n) is 8.20. The second kappa shape index (κ2) is 9.96. The maximum Gasteiger partial charge on any atom is 0.387 e. The quantitative estimate of drug-likeness (QED) is 0.714. The maximum absolute atomic E-state index is 12.4. The van der Waals surface area contributed by atoms with Gasteiger partial charge in [0.1, 0.15) is 0 Å². The lowest BCUT2D eigenvalue weighted by atomic mass is 10.1. The molecule has 2 aromatic rings. The molecule has 0 aromatic heterocycles. The SMILES string of the molecule is COc1cc(CN(CCN)CCc2ccccc2)ccc1OC(F)F. The lowest BCUT2D eigenvalue weighted by Crippen LogP contribution is -2.31. The monoisotopic (exact) mass is 350 g/mol. The number of methoxy groups -OCH3 is 1. The second-order valence-corrected chi connectivity index (χ2v) is 5.66. The molecule has 0 unspecified atom stereocenters. The first-order valence-corrected chi connectivity index (χ1v) is 8.20. The van der Waals surface area contributed by atoms with E-state index in [4.69, 9.17) is 10.5 Å². The maximum atomic E-state index is 12.4. The number of halogens is 2. The molecule has 136 valence electrons. The van der Waals surface area contributed by atoms with Crippen molar-refractivity contribution in [2.45, 2.75) is 19.6 Å². The van der Waals surface area contributed by atoms with Crippen molar-refractivity contribution >= 4 is 0 Å². The summed E-state index contributed by atoms with van der Waals surface area (Å²) in [6.07, 6.45) is 0.921. The number of ether oxygens (including phenoxy) is 2. The van der Waals surface area contributed by atoms with Crippen LogP contribution in [0.5, 0.6) is 11.5 Å². The Balaban J connectivity index is 2.02. The second-order valence-electron chi connectivity index (χ2n) is 5.66. The highest BCUT2D eigenvalue weighted by Crippen LogP contribution is 2.29. The van der Waals surface area contributed by atoms with E-state index in [9.17, 15) is 8.78 Å². The van der Waals surface area contributed by atoms with Gasteiger partial charge in [-0.2, -0.15) is 8.78 Å². The largest absolute Gasteiger partial charge is 0.493 e. The van der Waals surface area contributed by atoms with Crippen LogP contribution in [0.2, 0.25) is 0 Å². The minimum atomic E-state index is -2.88. The Labute approximate surface area is 147 Å². The summed E-state index contributed by atoms with van der Waals surface area (Å²) >= 11 is 0. The van der Waals surface area contributed by atoms with Gasteiger partial charge in [0.25, 0.3) is 0 Å². The number of benzene rings is 2. The van der Waals surface area contributed by atoms with E-state index in [1.54, 1.807) is 12.1 Å². The molecule has 0 fully saturated rings. The average Bonchev–Trinajstić information content (AvgIpc) is 2.61. The summed E-state index contributed by atoms with van der Waals surface area (Å²) in [5, 5.41) is 0. The molecule has 0 atom stereocenters. The molecular weight excluding hydrogens is 326 g/mol. The highest BCUT2D eigenvalue weighted by Gasteiger charge is 2.13. The predicted molar refractivity (Wildman–Crippen MR) is 94.1 cm³/mol. The molecule has 4 nitrogen and oxygen atoms in total. The summed E-state index contributed by atoms with van der Waals surface area (Å²) in [6.45, 7) is -0.0451. The minimum Gasteiger partial charge on any atom is -0.493 e. The van der Waals surface area contributed by atoms with Gasteiger partial charge in [0.05, 0.1) is 7.11 Å². The van der Waals surface area contributed by atoms with Crippen molar-refractivity contribution in [2.75, 3.05) is 26.7 Å². The van der Waals surface area contributed by atoms with Gasteiger partial charge in [0.15, 0.2) is 11.5 Å². The zero-order valence-electron chi connectivity index (χ0n) is 14.3.